The van der Waals surface area contributed by atoms with Gasteiger partial charge in [0.1, 0.15) is 5.75 Å². The normalized spacial score (nSPS) is 11.0. The molecule has 8 nitrogen and oxygen atoms in total. The molecule has 1 heterocycles. The molecule has 0 bridgehead atoms. The number of benzene rings is 3. The summed E-state index contributed by atoms with van der Waals surface area (Å²) in [5, 5.41) is 14.0. The minimum atomic E-state index is -0.484. The summed E-state index contributed by atoms with van der Waals surface area (Å²) in [5.41, 5.74) is 2.53. The molecule has 0 aliphatic carbocycles. The largest absolute Gasteiger partial charge is 0.497 e. The highest BCUT2D eigenvalue weighted by Crippen LogP contribution is 2.24. The van der Waals surface area contributed by atoms with E-state index in [1.165, 1.54) is 35.2 Å². The third-order valence-corrected chi connectivity index (χ3v) is 4.72. The average molecular weight is 414 g/mol. The Balaban J connectivity index is 1.83. The maximum Gasteiger partial charge on any atom is 0.280 e. The zero-order chi connectivity index (χ0) is 21.8. The lowest BCUT2D eigenvalue weighted by molar-refractivity contribution is -0.384. The third-order valence-electron chi connectivity index (χ3n) is 4.72. The molecule has 0 saturated carbocycles. The van der Waals surface area contributed by atoms with E-state index in [0.717, 1.165) is 5.56 Å². The number of nitrogens with zero attached hydrogens (tertiary/aromatic N) is 3. The molecule has 3 aromatic carbocycles. The molecule has 0 aliphatic heterocycles. The molecule has 154 valence electrons. The van der Waals surface area contributed by atoms with Crippen LogP contribution in [0.25, 0.3) is 16.9 Å². The number of aromatic nitrogens is 2. The van der Waals surface area contributed by atoms with Crippen LogP contribution in [0.1, 0.15) is 5.56 Å². The average Bonchev–Trinajstić information content (AvgIpc) is 3.14. The molecule has 0 unspecified atom stereocenters. The number of nitro groups is 1. The van der Waals surface area contributed by atoms with Gasteiger partial charge in [-0.15, -0.1) is 0 Å². The number of nitro benzene ring substituents is 1. The highest BCUT2D eigenvalue weighted by molar-refractivity contribution is 5.90. The topological polar surface area (TPSA) is 103 Å². The van der Waals surface area contributed by atoms with Crippen molar-refractivity contribution in [2.45, 2.75) is 0 Å². The smallest absolute Gasteiger partial charge is 0.280 e. The first-order chi connectivity index (χ1) is 15.1. The Morgan fingerprint density at radius 1 is 1.00 bits per heavy atom. The van der Waals surface area contributed by atoms with Crippen molar-refractivity contribution in [2.75, 3.05) is 7.11 Å². The molecule has 0 fully saturated rings. The van der Waals surface area contributed by atoms with E-state index in [1.807, 2.05) is 42.5 Å². The maximum atomic E-state index is 13.2. The second kappa shape index (κ2) is 8.50. The molecule has 0 radical (unpaired) electrons. The van der Waals surface area contributed by atoms with E-state index in [0.29, 0.717) is 28.4 Å². The molecule has 0 aliphatic rings. The van der Waals surface area contributed by atoms with E-state index in [4.69, 9.17) is 4.74 Å². The number of aromatic amines is 1. The van der Waals surface area contributed by atoms with Crippen LogP contribution in [-0.4, -0.2) is 28.0 Å². The Morgan fingerprint density at radius 3 is 2.29 bits per heavy atom. The van der Waals surface area contributed by atoms with Gasteiger partial charge >= 0.3 is 0 Å². The van der Waals surface area contributed by atoms with Crippen LogP contribution in [0.3, 0.4) is 0 Å². The first-order valence-electron chi connectivity index (χ1n) is 9.40. The molecule has 0 atom stereocenters. The number of hydrogen-bond donors (Lipinski definition) is 1. The number of aliphatic imine (C=N–C) groups is 1. The van der Waals surface area contributed by atoms with Crippen molar-refractivity contribution in [3.05, 3.63) is 105 Å². The van der Waals surface area contributed by atoms with Gasteiger partial charge in [-0.1, -0.05) is 18.2 Å². The second-order valence-electron chi connectivity index (χ2n) is 6.64. The van der Waals surface area contributed by atoms with Gasteiger partial charge in [-0.3, -0.25) is 25.0 Å². The van der Waals surface area contributed by atoms with E-state index in [2.05, 4.69) is 10.1 Å². The number of para-hydroxylation sites is 1. The quantitative estimate of drug-likeness (QED) is 0.285. The molecule has 31 heavy (non-hydrogen) atoms. The van der Waals surface area contributed by atoms with Gasteiger partial charge < -0.3 is 4.74 Å². The molecular formula is C23H18N4O4. The number of H-pyrrole nitrogens is 1. The third kappa shape index (κ3) is 4.13. The van der Waals surface area contributed by atoms with Crippen LogP contribution < -0.4 is 10.3 Å². The Morgan fingerprint density at radius 2 is 1.68 bits per heavy atom. The monoisotopic (exact) mass is 414 g/mol. The first-order valence-corrected chi connectivity index (χ1v) is 9.40. The lowest BCUT2D eigenvalue weighted by atomic mass is 10.1. The highest BCUT2D eigenvalue weighted by Gasteiger charge is 2.16. The van der Waals surface area contributed by atoms with Gasteiger partial charge in [0.05, 0.1) is 34.7 Å². The van der Waals surface area contributed by atoms with Crippen molar-refractivity contribution >= 4 is 17.6 Å². The van der Waals surface area contributed by atoms with Gasteiger partial charge in [-0.05, 0) is 48.5 Å². The Bertz CT molecular complexity index is 1290. The first kappa shape index (κ1) is 19.8. The fraction of sp³-hybridized carbons (Fsp3) is 0.0435. The Hall–Kier alpha value is -4.46. The fourth-order valence-corrected chi connectivity index (χ4v) is 3.11. The molecule has 0 amide bonds. The van der Waals surface area contributed by atoms with Crippen LogP contribution in [0.2, 0.25) is 0 Å². The van der Waals surface area contributed by atoms with Crippen LogP contribution in [0.5, 0.6) is 5.75 Å². The van der Waals surface area contributed by atoms with Crippen molar-refractivity contribution < 1.29 is 9.66 Å². The zero-order valence-corrected chi connectivity index (χ0v) is 16.6. The lowest BCUT2D eigenvalue weighted by Gasteiger charge is -2.04. The molecule has 0 saturated heterocycles. The van der Waals surface area contributed by atoms with Gasteiger partial charge in [0, 0.05) is 23.9 Å². The van der Waals surface area contributed by atoms with Crippen molar-refractivity contribution in [2.24, 2.45) is 4.99 Å². The zero-order valence-electron chi connectivity index (χ0n) is 16.6. The predicted octanol–water partition coefficient (Wildman–Crippen LogP) is 4.50. The van der Waals surface area contributed by atoms with Gasteiger partial charge in [0.2, 0.25) is 0 Å². The van der Waals surface area contributed by atoms with Crippen molar-refractivity contribution in [1.29, 1.82) is 0 Å². The standard InChI is InChI=1S/C23H18N4O4/c1-31-20-13-7-16(8-14-20)22-21(15-24-17-5-3-2-4-6-17)23(28)26(25-22)18-9-11-19(12-10-18)27(29)30/h2-15,25H,1H3. The second-order valence-corrected chi connectivity index (χ2v) is 6.64. The van der Waals surface area contributed by atoms with Crippen molar-refractivity contribution in [3.63, 3.8) is 0 Å². The van der Waals surface area contributed by atoms with Crippen LogP contribution in [0.4, 0.5) is 11.4 Å². The summed E-state index contributed by atoms with van der Waals surface area (Å²) in [6, 6.07) is 22.3. The molecule has 8 heteroatoms. The number of rotatable bonds is 6. The number of non-ortho nitro benzene ring substituents is 1. The van der Waals surface area contributed by atoms with Gasteiger partial charge in [-0.2, -0.15) is 0 Å². The van der Waals surface area contributed by atoms with Crippen LogP contribution in [0.15, 0.2) is 88.6 Å². The molecule has 1 aromatic heterocycles. The summed E-state index contributed by atoms with van der Waals surface area (Å²) >= 11 is 0. The number of nitrogens with one attached hydrogen (secondary N) is 1. The lowest BCUT2D eigenvalue weighted by Crippen LogP contribution is -2.17. The van der Waals surface area contributed by atoms with E-state index < -0.39 is 4.92 Å². The summed E-state index contributed by atoms with van der Waals surface area (Å²) in [6.07, 6.45) is 1.52. The van der Waals surface area contributed by atoms with Crippen LogP contribution in [-0.2, 0) is 0 Å². The molecule has 1 N–H and O–H groups in total. The van der Waals surface area contributed by atoms with Gasteiger partial charge in [0.25, 0.3) is 11.2 Å². The van der Waals surface area contributed by atoms with Crippen LogP contribution in [0, 0.1) is 10.1 Å². The summed E-state index contributed by atoms with van der Waals surface area (Å²) in [5.74, 6) is 0.695. The summed E-state index contributed by atoms with van der Waals surface area (Å²) in [6.45, 7) is 0. The molecule has 4 rings (SSSR count). The van der Waals surface area contributed by atoms with Gasteiger partial charge in [-0.25, -0.2) is 4.68 Å². The summed E-state index contributed by atoms with van der Waals surface area (Å²) < 4.78 is 6.55. The number of hydrogen-bond acceptors (Lipinski definition) is 5. The molecule has 0 spiro atoms. The maximum absolute atomic E-state index is 13.2. The van der Waals surface area contributed by atoms with E-state index >= 15 is 0 Å². The van der Waals surface area contributed by atoms with Crippen molar-refractivity contribution in [3.8, 4) is 22.7 Å². The minimum absolute atomic E-state index is 0.0513. The number of methoxy groups -OCH3 is 1. The summed E-state index contributed by atoms with van der Waals surface area (Å²) in [4.78, 5) is 28.1. The number of ether oxygens (including phenoxy) is 1. The van der Waals surface area contributed by atoms with Crippen molar-refractivity contribution in [1.82, 2.24) is 9.78 Å². The SMILES string of the molecule is COc1ccc(-c2[nH]n(-c3ccc([N+](=O)[O-])cc3)c(=O)c2C=Nc2ccccc2)cc1. The fourth-order valence-electron chi connectivity index (χ4n) is 3.11. The van der Waals surface area contributed by atoms with E-state index in [9.17, 15) is 14.9 Å². The summed E-state index contributed by atoms with van der Waals surface area (Å²) in [7, 11) is 1.58. The predicted molar refractivity (Wildman–Crippen MR) is 119 cm³/mol. The van der Waals surface area contributed by atoms with Crippen LogP contribution >= 0.6 is 0 Å². The van der Waals surface area contributed by atoms with Gasteiger partial charge in [0.15, 0.2) is 0 Å². The molecular weight excluding hydrogens is 396 g/mol. The van der Waals surface area contributed by atoms with E-state index in [1.54, 1.807) is 19.2 Å². The Labute approximate surface area is 177 Å². The van der Waals surface area contributed by atoms with E-state index in [-0.39, 0.29) is 11.2 Å². The molecule has 4 aromatic rings. The highest BCUT2D eigenvalue weighted by atomic mass is 16.6. The Kier molecular flexibility index (Phi) is 5.44. The minimum Gasteiger partial charge on any atom is -0.497 e.